The zero-order valence-electron chi connectivity index (χ0n) is 17.4. The van der Waals surface area contributed by atoms with Gasteiger partial charge in [-0.3, -0.25) is 0 Å². The number of fused-ring (bicyclic) bond motifs is 2. The Bertz CT molecular complexity index is 672. The molecule has 0 aromatic heterocycles. The SMILES string of the molecule is CCN(C(=O)OCc1ccccc1)C1C[C@H]2CC[C@@H](C1)N2C(=O)OC(C)(C)C. The van der Waals surface area contributed by atoms with E-state index in [4.69, 9.17) is 9.47 Å². The van der Waals surface area contributed by atoms with Crippen LogP contribution < -0.4 is 0 Å². The summed E-state index contributed by atoms with van der Waals surface area (Å²) in [7, 11) is 0. The Hall–Kier alpha value is -2.24. The van der Waals surface area contributed by atoms with Crippen molar-refractivity contribution in [2.24, 2.45) is 0 Å². The summed E-state index contributed by atoms with van der Waals surface area (Å²) in [6.45, 7) is 8.53. The molecule has 2 bridgehead atoms. The summed E-state index contributed by atoms with van der Waals surface area (Å²) >= 11 is 0. The van der Waals surface area contributed by atoms with Crippen molar-refractivity contribution in [2.45, 2.75) is 83.7 Å². The van der Waals surface area contributed by atoms with Crippen LogP contribution in [0.25, 0.3) is 0 Å². The third-order valence-corrected chi connectivity index (χ3v) is 5.53. The maximum atomic E-state index is 12.7. The van der Waals surface area contributed by atoms with E-state index in [0.717, 1.165) is 31.2 Å². The number of nitrogens with zero attached hydrogens (tertiary/aromatic N) is 2. The lowest BCUT2D eigenvalue weighted by molar-refractivity contribution is -0.00424. The highest BCUT2D eigenvalue weighted by molar-refractivity contribution is 5.70. The lowest BCUT2D eigenvalue weighted by Crippen LogP contribution is -2.54. The number of carbonyl (C=O) groups excluding carboxylic acids is 2. The molecule has 1 aromatic carbocycles. The predicted octanol–water partition coefficient (Wildman–Crippen LogP) is 4.58. The van der Waals surface area contributed by atoms with Crippen LogP contribution in [0.2, 0.25) is 0 Å². The van der Waals surface area contributed by atoms with Crippen molar-refractivity contribution in [3.05, 3.63) is 35.9 Å². The quantitative estimate of drug-likeness (QED) is 0.758. The van der Waals surface area contributed by atoms with Crippen LogP contribution in [0.15, 0.2) is 30.3 Å². The van der Waals surface area contributed by atoms with Gasteiger partial charge in [0.1, 0.15) is 12.2 Å². The zero-order chi connectivity index (χ0) is 20.3. The fraction of sp³-hybridized carbons (Fsp3) is 0.636. The third-order valence-electron chi connectivity index (χ3n) is 5.53. The number of carbonyl (C=O) groups is 2. The summed E-state index contributed by atoms with van der Waals surface area (Å²) in [6.07, 6.45) is 3.00. The molecule has 1 aromatic rings. The highest BCUT2D eigenvalue weighted by atomic mass is 16.6. The van der Waals surface area contributed by atoms with Gasteiger partial charge in [-0.05, 0) is 58.9 Å². The second kappa shape index (κ2) is 8.41. The van der Waals surface area contributed by atoms with Gasteiger partial charge in [-0.2, -0.15) is 0 Å². The maximum Gasteiger partial charge on any atom is 0.410 e. The summed E-state index contributed by atoms with van der Waals surface area (Å²) < 4.78 is 11.1. The van der Waals surface area contributed by atoms with Crippen molar-refractivity contribution < 1.29 is 19.1 Å². The van der Waals surface area contributed by atoms with Gasteiger partial charge in [0.05, 0.1) is 0 Å². The van der Waals surface area contributed by atoms with Crippen LogP contribution in [-0.2, 0) is 16.1 Å². The van der Waals surface area contributed by atoms with E-state index in [-0.39, 0.29) is 36.9 Å². The van der Waals surface area contributed by atoms with Gasteiger partial charge >= 0.3 is 12.2 Å². The topological polar surface area (TPSA) is 59.1 Å². The molecule has 6 nitrogen and oxygen atoms in total. The Morgan fingerprint density at radius 2 is 1.71 bits per heavy atom. The van der Waals surface area contributed by atoms with E-state index >= 15 is 0 Å². The van der Waals surface area contributed by atoms with Crippen LogP contribution in [0.1, 0.15) is 58.9 Å². The highest BCUT2D eigenvalue weighted by Gasteiger charge is 2.46. The fourth-order valence-electron chi connectivity index (χ4n) is 4.35. The predicted molar refractivity (Wildman–Crippen MR) is 107 cm³/mol. The first-order chi connectivity index (χ1) is 13.3. The van der Waals surface area contributed by atoms with Crippen LogP contribution >= 0.6 is 0 Å². The van der Waals surface area contributed by atoms with E-state index in [0.29, 0.717) is 6.54 Å². The van der Waals surface area contributed by atoms with E-state index in [9.17, 15) is 9.59 Å². The Balaban J connectivity index is 1.60. The van der Waals surface area contributed by atoms with Gasteiger partial charge < -0.3 is 19.3 Å². The van der Waals surface area contributed by atoms with E-state index in [1.807, 2.05) is 67.8 Å². The third kappa shape index (κ3) is 4.78. The Labute approximate surface area is 167 Å². The molecule has 154 valence electrons. The number of piperidine rings is 1. The minimum atomic E-state index is -0.496. The van der Waals surface area contributed by atoms with Crippen LogP contribution in [0.4, 0.5) is 9.59 Å². The number of benzene rings is 1. The van der Waals surface area contributed by atoms with Gasteiger partial charge in [0.15, 0.2) is 0 Å². The van der Waals surface area contributed by atoms with Gasteiger partial charge in [0.25, 0.3) is 0 Å². The van der Waals surface area contributed by atoms with Crippen LogP contribution in [0.5, 0.6) is 0 Å². The van der Waals surface area contributed by atoms with E-state index in [2.05, 4.69) is 0 Å². The first kappa shape index (κ1) is 20.5. The number of amides is 2. The van der Waals surface area contributed by atoms with Gasteiger partial charge in [-0.15, -0.1) is 0 Å². The molecule has 2 fully saturated rings. The first-order valence-corrected chi connectivity index (χ1v) is 10.3. The molecule has 2 aliphatic rings. The molecule has 3 atom stereocenters. The van der Waals surface area contributed by atoms with Crippen molar-refractivity contribution in [3.63, 3.8) is 0 Å². The Kier molecular flexibility index (Phi) is 6.16. The zero-order valence-corrected chi connectivity index (χ0v) is 17.4. The summed E-state index contributed by atoms with van der Waals surface area (Å²) in [5.41, 5.74) is 0.482. The van der Waals surface area contributed by atoms with Gasteiger partial charge in [0, 0.05) is 24.7 Å². The van der Waals surface area contributed by atoms with E-state index < -0.39 is 5.60 Å². The molecule has 0 spiro atoms. The van der Waals surface area contributed by atoms with Crippen molar-refractivity contribution in [1.29, 1.82) is 0 Å². The molecule has 0 aliphatic carbocycles. The minimum Gasteiger partial charge on any atom is -0.445 e. The highest BCUT2D eigenvalue weighted by Crippen LogP contribution is 2.38. The van der Waals surface area contributed by atoms with Crippen molar-refractivity contribution in [2.75, 3.05) is 6.54 Å². The smallest absolute Gasteiger partial charge is 0.410 e. The molecule has 1 unspecified atom stereocenters. The molecule has 2 saturated heterocycles. The molecule has 2 heterocycles. The Morgan fingerprint density at radius 1 is 1.11 bits per heavy atom. The molecule has 0 N–H and O–H groups in total. The average Bonchev–Trinajstić information content (AvgIpc) is 2.91. The summed E-state index contributed by atoms with van der Waals surface area (Å²) in [4.78, 5) is 29.0. The lowest BCUT2D eigenvalue weighted by atomic mass is 9.96. The molecule has 28 heavy (non-hydrogen) atoms. The van der Waals surface area contributed by atoms with Gasteiger partial charge in [0.2, 0.25) is 0 Å². The molecule has 6 heteroatoms. The lowest BCUT2D eigenvalue weighted by Gasteiger charge is -2.42. The monoisotopic (exact) mass is 388 g/mol. The number of rotatable bonds is 4. The standard InChI is InChI=1S/C22H32N2O4/c1-5-23(20(25)27-15-16-9-7-6-8-10-16)19-13-17-11-12-18(14-19)24(17)21(26)28-22(2,3)4/h6-10,17-19H,5,11-15H2,1-4H3/t17-,18+,19?. The number of hydrogen-bond acceptors (Lipinski definition) is 4. The second-order valence-electron chi connectivity index (χ2n) is 8.72. The van der Waals surface area contributed by atoms with Crippen molar-refractivity contribution in [1.82, 2.24) is 9.80 Å². The van der Waals surface area contributed by atoms with E-state index in [1.165, 1.54) is 0 Å². The summed E-state index contributed by atoms with van der Waals surface area (Å²) in [5, 5.41) is 0. The molecule has 3 rings (SSSR count). The van der Waals surface area contributed by atoms with Gasteiger partial charge in [-0.25, -0.2) is 9.59 Å². The minimum absolute atomic E-state index is 0.101. The normalized spacial score (nSPS) is 24.0. The summed E-state index contributed by atoms with van der Waals surface area (Å²) in [5.74, 6) is 0. The molecular weight excluding hydrogens is 356 g/mol. The fourth-order valence-corrected chi connectivity index (χ4v) is 4.35. The average molecular weight is 389 g/mol. The van der Waals surface area contributed by atoms with Crippen LogP contribution in [0, 0.1) is 0 Å². The largest absolute Gasteiger partial charge is 0.445 e. The van der Waals surface area contributed by atoms with Gasteiger partial charge in [-0.1, -0.05) is 30.3 Å². The van der Waals surface area contributed by atoms with Crippen LogP contribution in [-0.4, -0.2) is 52.3 Å². The molecule has 0 radical (unpaired) electrons. The van der Waals surface area contributed by atoms with Crippen LogP contribution in [0.3, 0.4) is 0 Å². The molecule has 2 amide bonds. The number of hydrogen-bond donors (Lipinski definition) is 0. The van der Waals surface area contributed by atoms with Crippen molar-refractivity contribution in [3.8, 4) is 0 Å². The van der Waals surface area contributed by atoms with E-state index in [1.54, 1.807) is 0 Å². The summed E-state index contributed by atoms with van der Waals surface area (Å²) in [6, 6.07) is 10.1. The van der Waals surface area contributed by atoms with Crippen molar-refractivity contribution >= 4 is 12.2 Å². The molecule has 2 aliphatic heterocycles. The number of ether oxygens (including phenoxy) is 2. The second-order valence-corrected chi connectivity index (χ2v) is 8.72. The first-order valence-electron chi connectivity index (χ1n) is 10.3. The molecule has 0 saturated carbocycles. The maximum absolute atomic E-state index is 12.7. The molecular formula is C22H32N2O4. The Morgan fingerprint density at radius 3 is 2.25 bits per heavy atom.